The molecule has 1 fully saturated rings. The van der Waals surface area contributed by atoms with Gasteiger partial charge in [-0.2, -0.15) is 0 Å². The number of ether oxygens (including phenoxy) is 2. The summed E-state index contributed by atoms with van der Waals surface area (Å²) in [6.07, 6.45) is 2.32. The van der Waals surface area contributed by atoms with E-state index in [1.54, 1.807) is 0 Å². The molecule has 8 heteroatoms. The lowest BCUT2D eigenvalue weighted by atomic mass is 10.1. The average molecular weight is 437 g/mol. The largest absolute Gasteiger partial charge is 0.454 e. The number of thioether (sulfide) groups is 1. The third kappa shape index (κ3) is 4.54. The maximum Gasteiger partial charge on any atom is 0.231 e. The van der Waals surface area contributed by atoms with E-state index in [4.69, 9.17) is 9.47 Å². The highest BCUT2D eigenvalue weighted by Crippen LogP contribution is 2.40. The number of fused-ring (bicyclic) bond motifs is 1. The van der Waals surface area contributed by atoms with Crippen LogP contribution in [0.1, 0.15) is 48.7 Å². The third-order valence-corrected chi connectivity index (χ3v) is 6.44. The Labute approximate surface area is 185 Å². The highest BCUT2D eigenvalue weighted by molar-refractivity contribution is 7.99. The highest BCUT2D eigenvalue weighted by Gasteiger charge is 2.30. The van der Waals surface area contributed by atoms with Gasteiger partial charge in [0, 0.05) is 5.92 Å². The van der Waals surface area contributed by atoms with Gasteiger partial charge in [0.1, 0.15) is 5.82 Å². The van der Waals surface area contributed by atoms with Crippen molar-refractivity contribution in [3.8, 4) is 11.5 Å². The molecular formula is C23H24N4O3S. The first kappa shape index (κ1) is 19.9. The van der Waals surface area contributed by atoms with E-state index in [0.29, 0.717) is 5.92 Å². The number of rotatable bonds is 8. The summed E-state index contributed by atoms with van der Waals surface area (Å²) >= 11 is 1.43. The summed E-state index contributed by atoms with van der Waals surface area (Å²) in [4.78, 5) is 12.6. The number of hydrogen-bond acceptors (Lipinski definition) is 6. The molecule has 2 heterocycles. The van der Waals surface area contributed by atoms with Crippen molar-refractivity contribution >= 4 is 17.7 Å². The van der Waals surface area contributed by atoms with Crippen LogP contribution in [0.4, 0.5) is 0 Å². The Hall–Kier alpha value is -3.00. The fourth-order valence-corrected chi connectivity index (χ4v) is 4.40. The number of nitrogens with one attached hydrogen (secondary N) is 1. The molecule has 1 aliphatic heterocycles. The van der Waals surface area contributed by atoms with E-state index in [0.717, 1.165) is 47.4 Å². The van der Waals surface area contributed by atoms with E-state index in [-0.39, 0.29) is 24.5 Å². The molecule has 2 aliphatic rings. The maximum atomic E-state index is 12.6. The van der Waals surface area contributed by atoms with Gasteiger partial charge in [-0.25, -0.2) is 0 Å². The summed E-state index contributed by atoms with van der Waals surface area (Å²) in [7, 11) is 0. The predicted molar refractivity (Wildman–Crippen MR) is 117 cm³/mol. The van der Waals surface area contributed by atoms with Crippen LogP contribution >= 0.6 is 11.8 Å². The van der Waals surface area contributed by atoms with Crippen LogP contribution in [0.5, 0.6) is 11.5 Å². The van der Waals surface area contributed by atoms with Crippen molar-refractivity contribution in [1.82, 2.24) is 20.1 Å². The first-order valence-electron chi connectivity index (χ1n) is 10.5. The summed E-state index contributed by atoms with van der Waals surface area (Å²) in [6, 6.07) is 15.9. The molecule has 1 saturated carbocycles. The SMILES string of the molecule is C[C@H](NC(=O)CSc1nnc(C2CC2)n1Cc1ccccc1)c1ccc2c(c1)OCO2. The Morgan fingerprint density at radius 1 is 1.16 bits per heavy atom. The van der Waals surface area contributed by atoms with Gasteiger partial charge in [0.15, 0.2) is 16.7 Å². The summed E-state index contributed by atoms with van der Waals surface area (Å²) in [6.45, 7) is 2.92. The molecule has 1 aromatic heterocycles. The van der Waals surface area contributed by atoms with Gasteiger partial charge in [-0.1, -0.05) is 48.2 Å². The van der Waals surface area contributed by atoms with E-state index in [1.807, 2.05) is 43.3 Å². The van der Waals surface area contributed by atoms with E-state index in [9.17, 15) is 4.79 Å². The molecular weight excluding hydrogens is 412 g/mol. The smallest absolute Gasteiger partial charge is 0.231 e. The molecule has 5 rings (SSSR count). The van der Waals surface area contributed by atoms with Gasteiger partial charge < -0.3 is 19.4 Å². The van der Waals surface area contributed by atoms with Gasteiger partial charge in [-0.05, 0) is 43.0 Å². The van der Waals surface area contributed by atoms with E-state index < -0.39 is 0 Å². The van der Waals surface area contributed by atoms with Crippen molar-refractivity contribution in [2.75, 3.05) is 12.5 Å². The predicted octanol–water partition coefficient (Wildman–Crippen LogP) is 3.90. The second-order valence-electron chi connectivity index (χ2n) is 7.88. The zero-order valence-electron chi connectivity index (χ0n) is 17.3. The Morgan fingerprint density at radius 3 is 2.77 bits per heavy atom. The lowest BCUT2D eigenvalue weighted by molar-refractivity contribution is -0.119. The topological polar surface area (TPSA) is 78.3 Å². The first-order chi connectivity index (χ1) is 15.2. The van der Waals surface area contributed by atoms with Gasteiger partial charge >= 0.3 is 0 Å². The fraction of sp³-hybridized carbons (Fsp3) is 0.348. The van der Waals surface area contributed by atoms with Gasteiger partial charge in [-0.15, -0.1) is 10.2 Å². The molecule has 3 aromatic rings. The molecule has 0 saturated heterocycles. The van der Waals surface area contributed by atoms with Gasteiger partial charge in [-0.3, -0.25) is 4.79 Å². The normalized spacial score (nSPS) is 15.6. The molecule has 7 nitrogen and oxygen atoms in total. The zero-order valence-corrected chi connectivity index (χ0v) is 18.1. The van der Waals surface area contributed by atoms with Crippen molar-refractivity contribution in [2.45, 2.75) is 43.4 Å². The Kier molecular flexibility index (Phi) is 5.55. The Bertz CT molecular complexity index is 1080. The summed E-state index contributed by atoms with van der Waals surface area (Å²) < 4.78 is 12.9. The van der Waals surface area contributed by atoms with Gasteiger partial charge in [0.25, 0.3) is 0 Å². The van der Waals surface area contributed by atoms with Crippen LogP contribution in [0.3, 0.4) is 0 Å². The van der Waals surface area contributed by atoms with E-state index in [2.05, 4.69) is 32.2 Å². The van der Waals surface area contributed by atoms with Crippen molar-refractivity contribution in [2.24, 2.45) is 0 Å². The van der Waals surface area contributed by atoms with E-state index >= 15 is 0 Å². The molecule has 160 valence electrons. The summed E-state index contributed by atoms with van der Waals surface area (Å²) in [5, 5.41) is 12.7. The standard InChI is InChI=1S/C23H24N4O3S/c1-15(18-9-10-19-20(11-18)30-14-29-19)24-21(28)13-31-23-26-25-22(17-7-8-17)27(23)12-16-5-3-2-4-6-16/h2-6,9-11,15,17H,7-8,12-14H2,1H3,(H,24,28)/t15-/m0/s1. The molecule has 1 aliphatic carbocycles. The average Bonchev–Trinajstić information content (AvgIpc) is 3.38. The minimum Gasteiger partial charge on any atom is -0.454 e. The molecule has 0 spiro atoms. The first-order valence-corrected chi connectivity index (χ1v) is 11.4. The molecule has 0 unspecified atom stereocenters. The molecule has 31 heavy (non-hydrogen) atoms. The molecule has 0 radical (unpaired) electrons. The quantitative estimate of drug-likeness (QED) is 0.540. The van der Waals surface area contributed by atoms with Crippen molar-refractivity contribution in [3.05, 3.63) is 65.5 Å². The van der Waals surface area contributed by atoms with Crippen molar-refractivity contribution in [1.29, 1.82) is 0 Å². The fourth-order valence-electron chi connectivity index (χ4n) is 3.64. The van der Waals surface area contributed by atoms with E-state index in [1.165, 1.54) is 17.3 Å². The third-order valence-electron chi connectivity index (χ3n) is 5.48. The number of nitrogens with zero attached hydrogens (tertiary/aromatic N) is 3. The maximum absolute atomic E-state index is 12.6. The van der Waals surface area contributed by atoms with Crippen molar-refractivity contribution < 1.29 is 14.3 Å². The number of carbonyl (C=O) groups excluding carboxylic acids is 1. The summed E-state index contributed by atoms with van der Waals surface area (Å²) in [5.74, 6) is 3.21. The van der Waals surface area contributed by atoms with Crippen LogP contribution in [-0.4, -0.2) is 33.2 Å². The number of carbonyl (C=O) groups is 1. The number of aromatic nitrogens is 3. The number of hydrogen-bond donors (Lipinski definition) is 1. The number of benzene rings is 2. The van der Waals surface area contributed by atoms with Gasteiger partial charge in [0.2, 0.25) is 12.7 Å². The lowest BCUT2D eigenvalue weighted by Gasteiger charge is -2.15. The molecule has 0 bridgehead atoms. The second-order valence-corrected chi connectivity index (χ2v) is 8.82. The highest BCUT2D eigenvalue weighted by atomic mass is 32.2. The summed E-state index contributed by atoms with van der Waals surface area (Å²) in [5.41, 5.74) is 2.18. The lowest BCUT2D eigenvalue weighted by Crippen LogP contribution is -2.28. The van der Waals surface area contributed by atoms with Crippen LogP contribution in [0, 0.1) is 0 Å². The van der Waals surface area contributed by atoms with Crippen LogP contribution < -0.4 is 14.8 Å². The van der Waals surface area contributed by atoms with Crippen molar-refractivity contribution in [3.63, 3.8) is 0 Å². The molecule has 1 atom stereocenters. The minimum absolute atomic E-state index is 0.0441. The minimum atomic E-state index is -0.133. The molecule has 1 amide bonds. The Balaban J connectivity index is 1.23. The number of amides is 1. The van der Waals surface area contributed by atoms with Crippen LogP contribution in [0.25, 0.3) is 0 Å². The molecule has 2 aromatic carbocycles. The van der Waals surface area contributed by atoms with Gasteiger partial charge in [0.05, 0.1) is 18.3 Å². The second kappa shape index (κ2) is 8.63. The Morgan fingerprint density at radius 2 is 1.97 bits per heavy atom. The van der Waals surface area contributed by atoms with Crippen LogP contribution in [0.15, 0.2) is 53.7 Å². The monoisotopic (exact) mass is 436 g/mol. The molecule has 1 N–H and O–H groups in total. The zero-order chi connectivity index (χ0) is 21.2. The van der Waals surface area contributed by atoms with Crippen LogP contribution in [-0.2, 0) is 11.3 Å². The van der Waals surface area contributed by atoms with Crippen LogP contribution in [0.2, 0.25) is 0 Å².